The fourth-order valence-corrected chi connectivity index (χ4v) is 3.22. The van der Waals surface area contributed by atoms with E-state index in [1.165, 1.54) is 6.42 Å². The predicted molar refractivity (Wildman–Crippen MR) is 90.5 cm³/mol. The Balaban J connectivity index is 1.54. The molecule has 1 aliphatic rings. The van der Waals surface area contributed by atoms with E-state index in [1.54, 1.807) is 12.3 Å². The highest BCUT2D eigenvalue weighted by Crippen LogP contribution is 2.17. The van der Waals surface area contributed by atoms with Crippen LogP contribution in [0.3, 0.4) is 0 Å². The number of nitrogens with zero attached hydrogens (tertiary/aromatic N) is 4. The second-order valence-electron chi connectivity index (χ2n) is 6.05. The van der Waals surface area contributed by atoms with Crippen LogP contribution in [-0.2, 0) is 19.5 Å². The van der Waals surface area contributed by atoms with Crippen molar-refractivity contribution in [1.29, 1.82) is 0 Å². The van der Waals surface area contributed by atoms with Crippen LogP contribution < -0.4 is 5.32 Å². The van der Waals surface area contributed by atoms with Gasteiger partial charge in [0, 0.05) is 24.5 Å². The summed E-state index contributed by atoms with van der Waals surface area (Å²) in [5.74, 6) is 1.75. The minimum absolute atomic E-state index is 0.112. The molecular formula is C18H19N5O. The summed E-state index contributed by atoms with van der Waals surface area (Å²) >= 11 is 0. The Bertz CT molecular complexity index is 881. The lowest BCUT2D eigenvalue weighted by atomic mass is 10.1. The van der Waals surface area contributed by atoms with Crippen LogP contribution in [0.5, 0.6) is 0 Å². The molecule has 3 aromatic rings. The lowest BCUT2D eigenvalue weighted by molar-refractivity contribution is 0.0951. The van der Waals surface area contributed by atoms with Crippen molar-refractivity contribution in [3.05, 3.63) is 53.7 Å². The monoisotopic (exact) mass is 321 g/mol. The lowest BCUT2D eigenvalue weighted by Gasteiger charge is -2.09. The van der Waals surface area contributed by atoms with Gasteiger partial charge in [0.15, 0.2) is 5.82 Å². The SMILES string of the molecule is O=C(NCc1nnc2n1CCCCC2)c1ccnc2ccccc12. The molecule has 0 fully saturated rings. The Hall–Kier alpha value is -2.76. The molecule has 0 spiro atoms. The third-order valence-electron chi connectivity index (χ3n) is 4.49. The molecule has 6 heteroatoms. The molecular weight excluding hydrogens is 302 g/mol. The van der Waals surface area contributed by atoms with E-state index in [2.05, 4.69) is 25.1 Å². The molecule has 0 aliphatic carbocycles. The van der Waals surface area contributed by atoms with E-state index in [0.717, 1.165) is 48.4 Å². The van der Waals surface area contributed by atoms with Crippen molar-refractivity contribution in [2.45, 2.75) is 38.8 Å². The van der Waals surface area contributed by atoms with Crippen molar-refractivity contribution in [3.8, 4) is 0 Å². The second kappa shape index (κ2) is 6.39. The second-order valence-corrected chi connectivity index (χ2v) is 6.05. The molecule has 0 saturated carbocycles. The van der Waals surface area contributed by atoms with Gasteiger partial charge in [-0.1, -0.05) is 24.6 Å². The number of benzene rings is 1. The zero-order chi connectivity index (χ0) is 16.4. The Labute approximate surface area is 139 Å². The van der Waals surface area contributed by atoms with Crippen LogP contribution in [-0.4, -0.2) is 25.7 Å². The molecule has 3 heterocycles. The van der Waals surface area contributed by atoms with Crippen LogP contribution in [0.4, 0.5) is 0 Å². The maximum absolute atomic E-state index is 12.6. The number of carbonyl (C=O) groups excluding carboxylic acids is 1. The zero-order valence-corrected chi connectivity index (χ0v) is 13.4. The van der Waals surface area contributed by atoms with E-state index in [-0.39, 0.29) is 5.91 Å². The molecule has 24 heavy (non-hydrogen) atoms. The van der Waals surface area contributed by atoms with Gasteiger partial charge in [0.1, 0.15) is 5.82 Å². The lowest BCUT2D eigenvalue weighted by Crippen LogP contribution is -2.25. The first-order valence-electron chi connectivity index (χ1n) is 8.36. The van der Waals surface area contributed by atoms with E-state index < -0.39 is 0 Å². The molecule has 1 aliphatic heterocycles. The van der Waals surface area contributed by atoms with Crippen LogP contribution in [0.2, 0.25) is 0 Å². The highest BCUT2D eigenvalue weighted by Gasteiger charge is 2.16. The standard InChI is InChI=1S/C18H19N5O/c24-18(14-9-10-19-15-7-4-3-6-13(14)15)20-12-17-22-21-16-8-2-1-5-11-23(16)17/h3-4,6-7,9-10H,1-2,5,8,11-12H2,(H,20,24). The molecule has 0 bridgehead atoms. The maximum atomic E-state index is 12.6. The first kappa shape index (κ1) is 14.8. The number of aromatic nitrogens is 4. The molecule has 0 saturated heterocycles. The molecule has 0 unspecified atom stereocenters. The summed E-state index contributed by atoms with van der Waals surface area (Å²) in [7, 11) is 0. The number of pyridine rings is 1. The van der Waals surface area contributed by atoms with Crippen LogP contribution in [0.1, 0.15) is 41.3 Å². The number of nitrogens with one attached hydrogen (secondary N) is 1. The Morgan fingerprint density at radius 2 is 2.04 bits per heavy atom. The number of hydrogen-bond donors (Lipinski definition) is 1. The third kappa shape index (κ3) is 2.75. The Kier molecular flexibility index (Phi) is 3.94. The number of rotatable bonds is 3. The van der Waals surface area contributed by atoms with Gasteiger partial charge in [0.2, 0.25) is 0 Å². The van der Waals surface area contributed by atoms with Gasteiger partial charge in [0.25, 0.3) is 5.91 Å². The highest BCUT2D eigenvalue weighted by molar-refractivity contribution is 6.05. The van der Waals surface area contributed by atoms with Crippen molar-refractivity contribution < 1.29 is 4.79 Å². The first-order valence-corrected chi connectivity index (χ1v) is 8.36. The van der Waals surface area contributed by atoms with E-state index in [1.807, 2.05) is 24.3 Å². The van der Waals surface area contributed by atoms with Gasteiger partial charge >= 0.3 is 0 Å². The summed E-state index contributed by atoms with van der Waals surface area (Å²) in [5, 5.41) is 12.4. The molecule has 0 radical (unpaired) electrons. The smallest absolute Gasteiger partial charge is 0.252 e. The summed E-state index contributed by atoms with van der Waals surface area (Å²) in [6.45, 7) is 1.33. The van der Waals surface area contributed by atoms with Crippen molar-refractivity contribution in [1.82, 2.24) is 25.1 Å². The molecule has 1 aromatic carbocycles. The van der Waals surface area contributed by atoms with E-state index in [9.17, 15) is 4.79 Å². The number of para-hydroxylation sites is 1. The predicted octanol–water partition coefficient (Wildman–Crippen LogP) is 2.48. The van der Waals surface area contributed by atoms with Gasteiger partial charge in [-0.3, -0.25) is 9.78 Å². The number of aryl methyl sites for hydroxylation is 1. The molecule has 1 N–H and O–H groups in total. The molecule has 2 aromatic heterocycles. The number of hydrogen-bond acceptors (Lipinski definition) is 4. The minimum atomic E-state index is -0.112. The summed E-state index contributed by atoms with van der Waals surface area (Å²) in [5.41, 5.74) is 1.46. The minimum Gasteiger partial charge on any atom is -0.345 e. The van der Waals surface area contributed by atoms with E-state index >= 15 is 0 Å². The molecule has 0 atom stereocenters. The molecule has 4 rings (SSSR count). The summed E-state index contributed by atoms with van der Waals surface area (Å²) in [6, 6.07) is 9.41. The van der Waals surface area contributed by atoms with E-state index in [0.29, 0.717) is 12.1 Å². The Morgan fingerprint density at radius 3 is 3.00 bits per heavy atom. The van der Waals surface area contributed by atoms with Crippen LogP contribution in [0, 0.1) is 0 Å². The maximum Gasteiger partial charge on any atom is 0.252 e. The number of fused-ring (bicyclic) bond motifs is 2. The van der Waals surface area contributed by atoms with E-state index in [4.69, 9.17) is 0 Å². The number of carbonyl (C=O) groups is 1. The summed E-state index contributed by atoms with van der Waals surface area (Å²) in [6.07, 6.45) is 6.16. The Morgan fingerprint density at radius 1 is 1.12 bits per heavy atom. The summed E-state index contributed by atoms with van der Waals surface area (Å²) < 4.78 is 2.15. The zero-order valence-electron chi connectivity index (χ0n) is 13.4. The normalized spacial score (nSPS) is 14.2. The highest BCUT2D eigenvalue weighted by atomic mass is 16.1. The fourth-order valence-electron chi connectivity index (χ4n) is 3.22. The van der Waals surface area contributed by atoms with Gasteiger partial charge in [0.05, 0.1) is 17.6 Å². The number of amides is 1. The van der Waals surface area contributed by atoms with Gasteiger partial charge in [-0.2, -0.15) is 0 Å². The third-order valence-corrected chi connectivity index (χ3v) is 4.49. The van der Waals surface area contributed by atoms with Crippen LogP contribution in [0.25, 0.3) is 10.9 Å². The fraction of sp³-hybridized carbons (Fsp3) is 0.333. The van der Waals surface area contributed by atoms with Crippen LogP contribution in [0.15, 0.2) is 36.5 Å². The first-order chi connectivity index (χ1) is 11.8. The quantitative estimate of drug-likeness (QED) is 0.804. The van der Waals surface area contributed by atoms with Crippen molar-refractivity contribution in [3.63, 3.8) is 0 Å². The van der Waals surface area contributed by atoms with Gasteiger partial charge in [-0.05, 0) is 25.0 Å². The largest absolute Gasteiger partial charge is 0.345 e. The topological polar surface area (TPSA) is 72.7 Å². The average Bonchev–Trinajstić information content (AvgIpc) is 2.85. The average molecular weight is 321 g/mol. The van der Waals surface area contributed by atoms with Gasteiger partial charge < -0.3 is 9.88 Å². The van der Waals surface area contributed by atoms with Gasteiger partial charge in [-0.25, -0.2) is 0 Å². The summed E-state index contributed by atoms with van der Waals surface area (Å²) in [4.78, 5) is 16.9. The van der Waals surface area contributed by atoms with Crippen molar-refractivity contribution in [2.24, 2.45) is 0 Å². The van der Waals surface area contributed by atoms with Crippen LogP contribution >= 0.6 is 0 Å². The van der Waals surface area contributed by atoms with Gasteiger partial charge in [-0.15, -0.1) is 10.2 Å². The van der Waals surface area contributed by atoms with Crippen molar-refractivity contribution >= 4 is 16.8 Å². The van der Waals surface area contributed by atoms with Crippen molar-refractivity contribution in [2.75, 3.05) is 0 Å². The molecule has 1 amide bonds. The molecule has 6 nitrogen and oxygen atoms in total. The molecule has 122 valence electrons.